The Hall–Kier alpha value is -0.930. The van der Waals surface area contributed by atoms with Crippen molar-refractivity contribution in [2.45, 2.75) is 50.6 Å². The molecule has 1 aromatic rings. The molecule has 2 aliphatic rings. The topological polar surface area (TPSA) is 15.3 Å². The van der Waals surface area contributed by atoms with Crippen LogP contribution in [-0.4, -0.2) is 31.1 Å². The van der Waals surface area contributed by atoms with Crippen LogP contribution in [0.5, 0.6) is 0 Å². The van der Waals surface area contributed by atoms with Crippen LogP contribution in [-0.2, 0) is 6.42 Å². The number of benzene rings is 1. The number of rotatable bonds is 4. The van der Waals surface area contributed by atoms with Gasteiger partial charge < -0.3 is 5.32 Å². The van der Waals surface area contributed by atoms with Gasteiger partial charge in [-0.2, -0.15) is 0 Å². The molecule has 1 saturated heterocycles. The molecule has 1 fully saturated rings. The van der Waals surface area contributed by atoms with E-state index in [1.165, 1.54) is 43.4 Å². The second kappa shape index (κ2) is 6.23. The molecule has 20 heavy (non-hydrogen) atoms. The molecule has 2 unspecified atom stereocenters. The lowest BCUT2D eigenvalue weighted by atomic mass is 9.95. The number of piperidine rings is 1. The Morgan fingerprint density at radius 3 is 3.05 bits per heavy atom. The maximum Gasteiger partial charge on any atom is 0.123 e. The van der Waals surface area contributed by atoms with Crippen LogP contribution < -0.4 is 5.32 Å². The minimum absolute atomic E-state index is 0.0882. The van der Waals surface area contributed by atoms with Crippen LogP contribution in [0.2, 0.25) is 0 Å². The van der Waals surface area contributed by atoms with Crippen molar-refractivity contribution >= 4 is 0 Å². The zero-order valence-electron chi connectivity index (χ0n) is 12.4. The first-order chi connectivity index (χ1) is 9.79. The predicted octanol–water partition coefficient (Wildman–Crippen LogP) is 3.28. The van der Waals surface area contributed by atoms with Crippen molar-refractivity contribution in [3.63, 3.8) is 0 Å². The fourth-order valence-electron chi connectivity index (χ4n) is 3.96. The van der Waals surface area contributed by atoms with Gasteiger partial charge in [0.15, 0.2) is 0 Å². The average Bonchev–Trinajstić information content (AvgIpc) is 2.88. The zero-order chi connectivity index (χ0) is 13.9. The summed E-state index contributed by atoms with van der Waals surface area (Å²) in [6, 6.07) is 6.60. The lowest BCUT2D eigenvalue weighted by Crippen LogP contribution is -2.42. The average molecular weight is 276 g/mol. The van der Waals surface area contributed by atoms with E-state index in [0.717, 1.165) is 19.4 Å². The maximum atomic E-state index is 13.4. The molecule has 2 atom stereocenters. The lowest BCUT2D eigenvalue weighted by molar-refractivity contribution is 0.0889. The Morgan fingerprint density at radius 1 is 1.30 bits per heavy atom. The third kappa shape index (κ3) is 2.75. The van der Waals surface area contributed by atoms with Crippen LogP contribution in [0.25, 0.3) is 0 Å². The van der Waals surface area contributed by atoms with Gasteiger partial charge in [0.2, 0.25) is 0 Å². The molecule has 1 N–H and O–H groups in total. The van der Waals surface area contributed by atoms with E-state index in [-0.39, 0.29) is 5.82 Å². The van der Waals surface area contributed by atoms with Crippen LogP contribution in [0.3, 0.4) is 0 Å². The highest BCUT2D eigenvalue weighted by Gasteiger charge is 2.33. The summed E-state index contributed by atoms with van der Waals surface area (Å²) in [6.07, 6.45) is 7.40. The monoisotopic (exact) mass is 276 g/mol. The number of halogens is 1. The molecule has 1 aliphatic heterocycles. The van der Waals surface area contributed by atoms with Gasteiger partial charge in [-0.25, -0.2) is 4.39 Å². The fraction of sp³-hybridized carbons (Fsp3) is 0.647. The van der Waals surface area contributed by atoms with Crippen LogP contribution in [0.1, 0.15) is 49.3 Å². The fourth-order valence-corrected chi connectivity index (χ4v) is 3.96. The van der Waals surface area contributed by atoms with Gasteiger partial charge in [-0.1, -0.05) is 12.5 Å². The molecule has 0 spiro atoms. The molecular weight excluding hydrogens is 251 g/mol. The zero-order valence-corrected chi connectivity index (χ0v) is 12.4. The number of nitrogens with zero attached hydrogens (tertiary/aromatic N) is 1. The number of fused-ring (bicyclic) bond motifs is 1. The lowest BCUT2D eigenvalue weighted by Gasteiger charge is -2.40. The highest BCUT2D eigenvalue weighted by Crippen LogP contribution is 2.39. The van der Waals surface area contributed by atoms with Gasteiger partial charge in [0, 0.05) is 12.1 Å². The molecule has 2 nitrogen and oxygen atoms in total. The second-order valence-corrected chi connectivity index (χ2v) is 6.18. The van der Waals surface area contributed by atoms with E-state index in [2.05, 4.69) is 10.2 Å². The Labute approximate surface area is 121 Å². The normalized spacial score (nSPS) is 26.7. The second-order valence-electron chi connectivity index (χ2n) is 6.18. The number of likely N-dealkylation sites (tertiary alicyclic amines) is 1. The summed E-state index contributed by atoms with van der Waals surface area (Å²) in [5.74, 6) is -0.0882. The van der Waals surface area contributed by atoms with Gasteiger partial charge >= 0.3 is 0 Å². The number of aryl methyl sites for hydroxylation is 1. The van der Waals surface area contributed by atoms with E-state index in [0.29, 0.717) is 12.1 Å². The first kappa shape index (κ1) is 14.0. The molecule has 3 heteroatoms. The maximum absolute atomic E-state index is 13.4. The van der Waals surface area contributed by atoms with E-state index in [9.17, 15) is 4.39 Å². The molecule has 110 valence electrons. The summed E-state index contributed by atoms with van der Waals surface area (Å²) in [7, 11) is 2.03. The number of hydrogen-bond acceptors (Lipinski definition) is 2. The van der Waals surface area contributed by atoms with Crippen molar-refractivity contribution in [1.29, 1.82) is 0 Å². The third-order valence-electron chi connectivity index (χ3n) is 4.95. The summed E-state index contributed by atoms with van der Waals surface area (Å²) in [4.78, 5) is 2.70. The van der Waals surface area contributed by atoms with Crippen LogP contribution >= 0.6 is 0 Å². The predicted molar refractivity (Wildman–Crippen MR) is 80.4 cm³/mol. The molecule has 0 amide bonds. The molecule has 0 bridgehead atoms. The molecular formula is C17H25FN2. The van der Waals surface area contributed by atoms with E-state index in [1.54, 1.807) is 12.1 Å². The van der Waals surface area contributed by atoms with Crippen LogP contribution in [0, 0.1) is 5.82 Å². The molecule has 0 saturated carbocycles. The number of hydrogen-bond donors (Lipinski definition) is 1. The van der Waals surface area contributed by atoms with Crippen molar-refractivity contribution in [1.82, 2.24) is 10.2 Å². The Bertz CT molecular complexity index is 460. The molecule has 1 heterocycles. The Kier molecular flexibility index (Phi) is 4.37. The summed E-state index contributed by atoms with van der Waals surface area (Å²) in [5.41, 5.74) is 2.61. The van der Waals surface area contributed by atoms with E-state index < -0.39 is 0 Å². The van der Waals surface area contributed by atoms with Crippen LogP contribution in [0.15, 0.2) is 18.2 Å². The van der Waals surface area contributed by atoms with Crippen molar-refractivity contribution in [3.8, 4) is 0 Å². The highest BCUT2D eigenvalue weighted by molar-refractivity contribution is 5.35. The first-order valence-electron chi connectivity index (χ1n) is 7.98. The van der Waals surface area contributed by atoms with E-state index in [4.69, 9.17) is 0 Å². The smallest absolute Gasteiger partial charge is 0.123 e. The van der Waals surface area contributed by atoms with Crippen molar-refractivity contribution < 1.29 is 4.39 Å². The summed E-state index contributed by atoms with van der Waals surface area (Å²) < 4.78 is 13.4. The molecule has 3 rings (SSSR count). The Balaban J connectivity index is 1.78. The van der Waals surface area contributed by atoms with E-state index in [1.807, 2.05) is 13.1 Å². The van der Waals surface area contributed by atoms with Gasteiger partial charge in [-0.15, -0.1) is 0 Å². The SMILES string of the molecule is CNCCC1CCCCN1C1CCc2cc(F)ccc21. The molecule has 0 radical (unpaired) electrons. The molecule has 1 aliphatic carbocycles. The van der Waals surface area contributed by atoms with Crippen LogP contribution in [0.4, 0.5) is 4.39 Å². The van der Waals surface area contributed by atoms with Crippen molar-refractivity contribution in [2.24, 2.45) is 0 Å². The van der Waals surface area contributed by atoms with Gasteiger partial charge in [0.1, 0.15) is 5.82 Å². The van der Waals surface area contributed by atoms with Gasteiger partial charge in [-0.05, 0) is 75.5 Å². The highest BCUT2D eigenvalue weighted by atomic mass is 19.1. The quantitative estimate of drug-likeness (QED) is 0.908. The Morgan fingerprint density at radius 2 is 2.20 bits per heavy atom. The molecule has 0 aromatic heterocycles. The standard InChI is InChI=1S/C17H25FN2/c1-19-10-9-15-4-2-3-11-20(15)17-8-5-13-12-14(18)6-7-16(13)17/h6-7,12,15,17,19H,2-5,8-11H2,1H3. The first-order valence-corrected chi connectivity index (χ1v) is 7.98. The van der Waals surface area contributed by atoms with Gasteiger partial charge in [0.05, 0.1) is 0 Å². The van der Waals surface area contributed by atoms with Crippen molar-refractivity contribution in [3.05, 3.63) is 35.1 Å². The summed E-state index contributed by atoms with van der Waals surface area (Å²) >= 11 is 0. The minimum atomic E-state index is -0.0882. The summed E-state index contributed by atoms with van der Waals surface area (Å²) in [5, 5.41) is 3.28. The number of nitrogens with one attached hydrogen (secondary N) is 1. The largest absolute Gasteiger partial charge is 0.320 e. The molecule has 1 aromatic carbocycles. The van der Waals surface area contributed by atoms with Gasteiger partial charge in [-0.3, -0.25) is 4.90 Å². The van der Waals surface area contributed by atoms with E-state index >= 15 is 0 Å². The van der Waals surface area contributed by atoms with Gasteiger partial charge in [0.25, 0.3) is 0 Å². The summed E-state index contributed by atoms with van der Waals surface area (Å²) in [6.45, 7) is 2.29. The minimum Gasteiger partial charge on any atom is -0.320 e. The third-order valence-corrected chi connectivity index (χ3v) is 4.95. The van der Waals surface area contributed by atoms with Crippen molar-refractivity contribution in [2.75, 3.05) is 20.1 Å².